The van der Waals surface area contributed by atoms with Crippen molar-refractivity contribution in [2.75, 3.05) is 68.4 Å². The SMILES string of the molecule is [2H]C([2H])(OC(=O)CCC(=O)OC([2H])([2H])C([2H])([2H])[N+](C)(C)C)C([2H])([2H])[N+](C)(C)C.[Br-].[Br-]. The Morgan fingerprint density at radius 2 is 1.05 bits per heavy atom. The number of likely N-dealkylation sites (N-methyl/N-ethyl adjacent to an activating group) is 2. The lowest BCUT2D eigenvalue weighted by molar-refractivity contribution is -0.870. The lowest BCUT2D eigenvalue weighted by atomic mass is 10.3. The number of carbonyl (C=O) groups is 2. The molecule has 0 unspecified atom stereocenters. The molecule has 0 saturated carbocycles. The van der Waals surface area contributed by atoms with Crippen LogP contribution in [0.15, 0.2) is 0 Å². The Morgan fingerprint density at radius 1 is 0.773 bits per heavy atom. The zero-order valence-corrected chi connectivity index (χ0v) is 16.9. The van der Waals surface area contributed by atoms with Crippen LogP contribution in [0, 0.1) is 0 Å². The van der Waals surface area contributed by atoms with E-state index in [0.717, 1.165) is 0 Å². The van der Waals surface area contributed by atoms with Crippen molar-refractivity contribution in [1.29, 1.82) is 0 Å². The van der Waals surface area contributed by atoms with E-state index in [2.05, 4.69) is 9.47 Å². The van der Waals surface area contributed by atoms with Gasteiger partial charge >= 0.3 is 11.9 Å². The van der Waals surface area contributed by atoms with E-state index in [-0.39, 0.29) is 34.0 Å². The summed E-state index contributed by atoms with van der Waals surface area (Å²) in [5.74, 6) is -2.43. The third-order valence-corrected chi connectivity index (χ3v) is 1.63. The molecule has 0 radical (unpaired) electrons. The highest BCUT2D eigenvalue weighted by molar-refractivity contribution is 5.77. The van der Waals surface area contributed by atoms with Crippen LogP contribution in [0.5, 0.6) is 0 Å². The van der Waals surface area contributed by atoms with Crippen molar-refractivity contribution < 1.29 is 73.0 Å². The van der Waals surface area contributed by atoms with E-state index in [1.165, 1.54) is 42.3 Å². The molecule has 134 valence electrons. The standard InChI is InChI=1S/C14H30N2O4.2BrH/c1-15(2,3)9-11-19-13(17)7-8-14(18)20-12-10-16(4,5)6;;/h7-12H2,1-6H3;2*1H/q+2;;/p-2/i9D2,10D2,11D2,12D2;;. The molecule has 0 aromatic rings. The highest BCUT2D eigenvalue weighted by Crippen LogP contribution is 1.98. The number of carbonyl (C=O) groups excluding carboxylic acids is 2. The number of quaternary nitrogens is 2. The minimum absolute atomic E-state index is 0. The van der Waals surface area contributed by atoms with Gasteiger partial charge in [0.25, 0.3) is 0 Å². The maximum Gasteiger partial charge on any atom is 0.306 e. The molecule has 0 rings (SSSR count). The van der Waals surface area contributed by atoms with Crippen LogP contribution in [0.4, 0.5) is 0 Å². The average Bonchev–Trinajstić information content (AvgIpc) is 2.41. The van der Waals surface area contributed by atoms with Crippen LogP contribution in [0.2, 0.25) is 0 Å². The van der Waals surface area contributed by atoms with Gasteiger partial charge in [-0.1, -0.05) is 0 Å². The molecule has 0 saturated heterocycles. The molecule has 0 N–H and O–H groups in total. The van der Waals surface area contributed by atoms with Gasteiger partial charge in [0.15, 0.2) is 0 Å². The summed E-state index contributed by atoms with van der Waals surface area (Å²) in [6, 6.07) is 0. The van der Waals surface area contributed by atoms with Gasteiger partial charge in [-0.3, -0.25) is 9.59 Å². The van der Waals surface area contributed by atoms with Gasteiger partial charge in [0.05, 0.1) is 66.1 Å². The van der Waals surface area contributed by atoms with Gasteiger partial charge in [-0.25, -0.2) is 0 Å². The van der Waals surface area contributed by atoms with Crippen molar-refractivity contribution in [3.63, 3.8) is 0 Å². The number of rotatable bonds is 9. The fourth-order valence-corrected chi connectivity index (χ4v) is 0.740. The third-order valence-electron chi connectivity index (χ3n) is 1.63. The van der Waals surface area contributed by atoms with E-state index in [1.807, 2.05) is 0 Å². The Balaban J connectivity index is -0.00000364. The molecule has 0 amide bonds. The molecule has 0 aromatic carbocycles. The van der Waals surface area contributed by atoms with Crippen molar-refractivity contribution in [2.45, 2.75) is 12.8 Å². The molecule has 0 atom stereocenters. The second-order valence-corrected chi connectivity index (χ2v) is 5.90. The predicted octanol–water partition coefficient (Wildman–Crippen LogP) is -5.73. The van der Waals surface area contributed by atoms with Crippen LogP contribution >= 0.6 is 0 Å². The Bertz CT molecular complexity index is 556. The first-order chi connectivity index (χ1) is 12.0. The van der Waals surface area contributed by atoms with Crippen molar-refractivity contribution in [1.82, 2.24) is 0 Å². The van der Waals surface area contributed by atoms with Gasteiger partial charge in [0, 0.05) is 0 Å². The van der Waals surface area contributed by atoms with Gasteiger partial charge in [-0.15, -0.1) is 0 Å². The summed E-state index contributed by atoms with van der Waals surface area (Å²) in [5, 5.41) is 0. The predicted molar refractivity (Wildman–Crippen MR) is 77.0 cm³/mol. The van der Waals surface area contributed by atoms with E-state index in [9.17, 15) is 9.59 Å². The Kier molecular flexibility index (Phi) is 7.33. The first-order valence-corrected chi connectivity index (χ1v) is 6.06. The average molecular weight is 458 g/mol. The van der Waals surface area contributed by atoms with Gasteiger partial charge in [-0.05, 0) is 0 Å². The molecule has 0 spiro atoms. The summed E-state index contributed by atoms with van der Waals surface area (Å²) in [6.45, 7) is -11.1. The molecule has 0 aliphatic rings. The van der Waals surface area contributed by atoms with Crippen LogP contribution in [-0.2, 0) is 19.1 Å². The molecule has 22 heavy (non-hydrogen) atoms. The molecule has 8 heteroatoms. The van der Waals surface area contributed by atoms with Crippen molar-refractivity contribution >= 4 is 11.9 Å². The van der Waals surface area contributed by atoms with Crippen molar-refractivity contribution in [2.24, 2.45) is 0 Å². The fourth-order valence-electron chi connectivity index (χ4n) is 0.740. The quantitative estimate of drug-likeness (QED) is 0.256. The lowest BCUT2D eigenvalue weighted by Gasteiger charge is -2.23. The maximum absolute atomic E-state index is 11.8. The zero-order chi connectivity index (χ0) is 23.0. The summed E-state index contributed by atoms with van der Waals surface area (Å²) >= 11 is 0. The van der Waals surface area contributed by atoms with Gasteiger partial charge < -0.3 is 52.4 Å². The molecular weight excluding hydrogens is 420 g/mol. The maximum atomic E-state index is 11.8. The monoisotopic (exact) mass is 456 g/mol. The summed E-state index contributed by atoms with van der Waals surface area (Å²) in [4.78, 5) is 23.7. The number of ether oxygens (including phenoxy) is 2. The molecule has 6 nitrogen and oxygen atoms in total. The first-order valence-electron chi connectivity index (χ1n) is 10.1. The number of hydrogen-bond donors (Lipinski definition) is 0. The van der Waals surface area contributed by atoms with Crippen molar-refractivity contribution in [3.8, 4) is 0 Å². The Hall–Kier alpha value is -0.180. The highest BCUT2D eigenvalue weighted by atomic mass is 79.9. The molecule has 0 aromatic heterocycles. The van der Waals surface area contributed by atoms with E-state index < -0.39 is 59.9 Å². The second-order valence-electron chi connectivity index (χ2n) is 5.90. The molecular formula is C14H30Br2N2O4. The van der Waals surface area contributed by atoms with Gasteiger partial charge in [0.2, 0.25) is 0 Å². The van der Waals surface area contributed by atoms with Gasteiger partial charge in [-0.2, -0.15) is 0 Å². The van der Waals surface area contributed by atoms with Crippen LogP contribution in [-0.4, -0.2) is 89.3 Å². The number of nitrogens with zero attached hydrogens (tertiary/aromatic N) is 2. The number of halogens is 2. The Labute approximate surface area is 166 Å². The topological polar surface area (TPSA) is 52.6 Å². The largest absolute Gasteiger partial charge is 1.00 e. The summed E-state index contributed by atoms with van der Waals surface area (Å²) in [5.41, 5.74) is 0. The van der Waals surface area contributed by atoms with E-state index in [0.29, 0.717) is 0 Å². The van der Waals surface area contributed by atoms with E-state index in [4.69, 9.17) is 11.0 Å². The van der Waals surface area contributed by atoms with Crippen molar-refractivity contribution in [3.05, 3.63) is 0 Å². The third kappa shape index (κ3) is 19.8. The molecule has 0 aliphatic carbocycles. The second kappa shape index (κ2) is 12.3. The normalized spacial score (nSPS) is 19.0. The zero-order valence-electron chi connectivity index (χ0n) is 21.7. The van der Waals surface area contributed by atoms with Crippen LogP contribution in [0.3, 0.4) is 0 Å². The van der Waals surface area contributed by atoms with Crippen LogP contribution in [0.25, 0.3) is 0 Å². The summed E-state index contributed by atoms with van der Waals surface area (Å²) in [6.07, 6.45) is -1.37. The summed E-state index contributed by atoms with van der Waals surface area (Å²) in [7, 11) is 8.29. The summed E-state index contributed by atoms with van der Waals surface area (Å²) < 4.78 is 70.3. The van der Waals surface area contributed by atoms with E-state index >= 15 is 0 Å². The first kappa shape index (κ1) is 13.1. The smallest absolute Gasteiger partial charge is 0.306 e. The van der Waals surface area contributed by atoms with Crippen LogP contribution in [0.1, 0.15) is 23.8 Å². The number of hydrogen-bond acceptors (Lipinski definition) is 4. The molecule has 0 bridgehead atoms. The minimum Gasteiger partial charge on any atom is -1.00 e. The number of esters is 2. The van der Waals surface area contributed by atoms with Crippen LogP contribution < -0.4 is 34.0 Å². The molecule has 0 fully saturated rings. The van der Waals surface area contributed by atoms with Gasteiger partial charge in [0.1, 0.15) is 26.1 Å². The highest BCUT2D eigenvalue weighted by Gasteiger charge is 2.13. The Morgan fingerprint density at radius 3 is 1.27 bits per heavy atom. The minimum atomic E-state index is -2.98. The lowest BCUT2D eigenvalue weighted by Crippen LogP contribution is -3.00. The molecule has 0 heterocycles. The fraction of sp³-hybridized carbons (Fsp3) is 0.857. The van der Waals surface area contributed by atoms with E-state index in [1.54, 1.807) is 0 Å². The molecule has 0 aliphatic heterocycles.